The van der Waals surface area contributed by atoms with Crippen molar-refractivity contribution in [1.82, 2.24) is 0 Å². The highest BCUT2D eigenvalue weighted by Crippen LogP contribution is 2.39. The van der Waals surface area contributed by atoms with Crippen molar-refractivity contribution in [3.63, 3.8) is 0 Å². The Morgan fingerprint density at radius 2 is 1.02 bits per heavy atom. The lowest BCUT2D eigenvalue weighted by Gasteiger charge is -2.39. The molecule has 0 rings (SSSR count). The van der Waals surface area contributed by atoms with Gasteiger partial charge in [-0.1, -0.05) is 131 Å². The molecule has 0 N–H and O–H groups in total. The summed E-state index contributed by atoms with van der Waals surface area (Å²) in [6.07, 6.45) is 27.2. The summed E-state index contributed by atoms with van der Waals surface area (Å²) in [5.74, 6) is 0. The van der Waals surface area contributed by atoms with E-state index in [0.717, 1.165) is 38.7 Å². The Labute approximate surface area is 279 Å². The fraction of sp³-hybridized carbons (Fsp3) is 0.789. The van der Waals surface area contributed by atoms with E-state index in [2.05, 4.69) is 157 Å². The zero-order valence-corrected chi connectivity index (χ0v) is 35.4. The van der Waals surface area contributed by atoms with Gasteiger partial charge in [0, 0.05) is 6.61 Å². The molecule has 0 aromatic heterocycles. The second kappa shape index (κ2) is 19.3. The largest absolute Gasteiger partial charge is 0.417 e. The van der Waals surface area contributed by atoms with Gasteiger partial charge in [-0.2, -0.15) is 0 Å². The van der Waals surface area contributed by atoms with Gasteiger partial charge in [0.2, 0.25) is 0 Å². The molecular formula is C38H76O3Si3. The highest BCUT2D eigenvalue weighted by Gasteiger charge is 2.40. The van der Waals surface area contributed by atoms with Crippen LogP contribution in [0.1, 0.15) is 121 Å². The van der Waals surface area contributed by atoms with E-state index in [4.69, 9.17) is 13.3 Å². The van der Waals surface area contributed by atoms with Crippen LogP contribution in [0.2, 0.25) is 54.4 Å². The first-order valence-corrected chi connectivity index (χ1v) is 26.4. The van der Waals surface area contributed by atoms with Crippen molar-refractivity contribution in [3.05, 3.63) is 48.6 Å². The third kappa shape index (κ3) is 17.4. The molecule has 0 saturated carbocycles. The van der Waals surface area contributed by atoms with E-state index in [1.807, 2.05) is 0 Å². The van der Waals surface area contributed by atoms with E-state index in [-0.39, 0.29) is 27.3 Å². The van der Waals surface area contributed by atoms with Crippen molar-refractivity contribution in [2.45, 2.75) is 187 Å². The average molecular weight is 665 g/mol. The highest BCUT2D eigenvalue weighted by molar-refractivity contribution is 6.75. The summed E-state index contributed by atoms with van der Waals surface area (Å²) in [6, 6.07) is 0. The van der Waals surface area contributed by atoms with Gasteiger partial charge in [-0.05, 0) is 92.9 Å². The second-order valence-electron chi connectivity index (χ2n) is 17.3. The lowest BCUT2D eigenvalue weighted by Crippen LogP contribution is -2.43. The van der Waals surface area contributed by atoms with Gasteiger partial charge < -0.3 is 13.3 Å². The first-order valence-electron chi connectivity index (χ1n) is 17.6. The number of allylic oxidation sites excluding steroid dienone is 5. The molecule has 2 atom stereocenters. The van der Waals surface area contributed by atoms with Crippen molar-refractivity contribution in [2.24, 2.45) is 0 Å². The minimum Gasteiger partial charge on any atom is -0.417 e. The Kier molecular flexibility index (Phi) is 19.1. The van der Waals surface area contributed by atoms with Crippen LogP contribution in [0.4, 0.5) is 0 Å². The molecule has 6 heteroatoms. The van der Waals surface area contributed by atoms with Crippen LogP contribution in [0.15, 0.2) is 48.6 Å². The van der Waals surface area contributed by atoms with Gasteiger partial charge in [0.15, 0.2) is 25.0 Å². The molecule has 0 bridgehead atoms. The Morgan fingerprint density at radius 3 is 1.50 bits per heavy atom. The first-order chi connectivity index (χ1) is 20.0. The maximum absolute atomic E-state index is 6.86. The van der Waals surface area contributed by atoms with Crippen LogP contribution < -0.4 is 0 Å². The molecule has 0 aliphatic rings. The van der Waals surface area contributed by atoms with Crippen LogP contribution in [0.3, 0.4) is 0 Å². The van der Waals surface area contributed by atoms with Crippen molar-refractivity contribution in [3.8, 4) is 0 Å². The van der Waals surface area contributed by atoms with Gasteiger partial charge in [0.1, 0.15) is 0 Å². The van der Waals surface area contributed by atoms with Crippen LogP contribution in [0, 0.1) is 0 Å². The van der Waals surface area contributed by atoms with Gasteiger partial charge in [-0.3, -0.25) is 0 Å². The summed E-state index contributed by atoms with van der Waals surface area (Å²) >= 11 is 0. The number of unbranched alkanes of at least 4 members (excludes halogenated alkanes) is 4. The highest BCUT2D eigenvalue weighted by atomic mass is 28.4. The van der Waals surface area contributed by atoms with Crippen LogP contribution in [-0.4, -0.2) is 43.8 Å². The molecule has 0 fully saturated rings. The molecule has 3 nitrogen and oxygen atoms in total. The third-order valence-corrected chi connectivity index (χ3v) is 23.7. The molecule has 0 radical (unpaired) electrons. The maximum atomic E-state index is 6.86. The zero-order chi connectivity index (χ0) is 34.3. The van der Waals surface area contributed by atoms with Crippen LogP contribution in [0.25, 0.3) is 0 Å². The van der Waals surface area contributed by atoms with E-state index < -0.39 is 25.0 Å². The molecule has 0 spiro atoms. The summed E-state index contributed by atoms with van der Waals surface area (Å²) in [6.45, 7) is 38.0. The van der Waals surface area contributed by atoms with Gasteiger partial charge >= 0.3 is 0 Å². The standard InChI is InChI=1S/C38H76O3Si3/c1-17-18-19-20-21-24-29-34(40-43(13,14)37(5,6)7)30-25-22-23-26-31-35(41-44(15,16)38(8,9)10)32-27-28-33-39-42(11,12)36(2,3)4/h21-26,30-31,34-35H,17-20,27-29,32-33H2,1-16H3/t34-,35-/m1/s1. The molecule has 0 amide bonds. The minimum absolute atomic E-state index is 0.107. The lowest BCUT2D eigenvalue weighted by atomic mass is 10.1. The average Bonchev–Trinajstić information content (AvgIpc) is 2.85. The van der Waals surface area contributed by atoms with Crippen molar-refractivity contribution in [2.75, 3.05) is 6.61 Å². The SMILES string of the molecule is CCCCCC=CC[C@H](C=CC=CC=C[C@H](CCCCO[Si](C)(C)C(C)(C)C)O[Si](C)(C)C(C)(C)C)O[Si](C)(C)C(C)(C)C. The molecule has 0 aliphatic carbocycles. The number of hydrogen-bond acceptors (Lipinski definition) is 3. The summed E-state index contributed by atoms with van der Waals surface area (Å²) in [5, 5.41) is 0.636. The molecule has 0 saturated heterocycles. The van der Waals surface area contributed by atoms with E-state index in [0.29, 0.717) is 0 Å². The van der Waals surface area contributed by atoms with Gasteiger partial charge in [-0.15, -0.1) is 0 Å². The number of rotatable bonds is 20. The van der Waals surface area contributed by atoms with Crippen LogP contribution in [0.5, 0.6) is 0 Å². The molecule has 0 heterocycles. The van der Waals surface area contributed by atoms with Crippen LogP contribution >= 0.6 is 0 Å². The van der Waals surface area contributed by atoms with Gasteiger partial charge in [0.25, 0.3) is 0 Å². The summed E-state index contributed by atoms with van der Waals surface area (Å²) in [7, 11) is -5.43. The van der Waals surface area contributed by atoms with Crippen molar-refractivity contribution >= 4 is 25.0 Å². The maximum Gasteiger partial charge on any atom is 0.192 e. The molecule has 258 valence electrons. The minimum atomic E-state index is -1.88. The monoisotopic (exact) mass is 665 g/mol. The van der Waals surface area contributed by atoms with E-state index in [1.165, 1.54) is 19.3 Å². The fourth-order valence-electron chi connectivity index (χ4n) is 3.83. The summed E-state index contributed by atoms with van der Waals surface area (Å²) in [4.78, 5) is 0. The second-order valence-corrected chi connectivity index (χ2v) is 31.6. The van der Waals surface area contributed by atoms with E-state index >= 15 is 0 Å². The normalized spacial score (nSPS) is 16.3. The van der Waals surface area contributed by atoms with Gasteiger partial charge in [-0.25, -0.2) is 0 Å². The quantitative estimate of drug-likeness (QED) is 0.0561. The van der Waals surface area contributed by atoms with Gasteiger partial charge in [0.05, 0.1) is 12.2 Å². The fourth-order valence-corrected chi connectivity index (χ4v) is 7.51. The molecule has 44 heavy (non-hydrogen) atoms. The Bertz CT molecular complexity index is 894. The Morgan fingerprint density at radius 1 is 0.545 bits per heavy atom. The summed E-state index contributed by atoms with van der Waals surface area (Å²) < 4.78 is 20.1. The van der Waals surface area contributed by atoms with Crippen LogP contribution in [-0.2, 0) is 13.3 Å². The summed E-state index contributed by atoms with van der Waals surface area (Å²) in [5.41, 5.74) is 0. The predicted octanol–water partition coefficient (Wildman–Crippen LogP) is 13.2. The number of hydrogen-bond donors (Lipinski definition) is 0. The molecule has 0 aliphatic heterocycles. The van der Waals surface area contributed by atoms with Crippen molar-refractivity contribution in [1.29, 1.82) is 0 Å². The Hall–Kier alpha value is -0.509. The Balaban J connectivity index is 5.44. The topological polar surface area (TPSA) is 27.7 Å². The molecule has 0 aromatic carbocycles. The first kappa shape index (κ1) is 43.5. The van der Waals surface area contributed by atoms with E-state index in [1.54, 1.807) is 0 Å². The predicted molar refractivity (Wildman–Crippen MR) is 206 cm³/mol. The molecular weight excluding hydrogens is 589 g/mol. The zero-order valence-electron chi connectivity index (χ0n) is 32.4. The van der Waals surface area contributed by atoms with Crippen molar-refractivity contribution < 1.29 is 13.3 Å². The third-order valence-electron chi connectivity index (χ3n) is 10.2. The molecule has 0 unspecified atom stereocenters. The van der Waals surface area contributed by atoms with E-state index in [9.17, 15) is 0 Å². The molecule has 0 aromatic rings. The lowest BCUT2D eigenvalue weighted by molar-refractivity contribution is 0.204. The smallest absolute Gasteiger partial charge is 0.192 e.